The Morgan fingerprint density at radius 2 is 2.11 bits per heavy atom. The van der Waals surface area contributed by atoms with Crippen LogP contribution in [0.2, 0.25) is 5.02 Å². The highest BCUT2D eigenvalue weighted by molar-refractivity contribution is 6.31. The molecule has 0 aliphatic carbocycles. The van der Waals surface area contributed by atoms with Crippen molar-refractivity contribution in [3.63, 3.8) is 0 Å². The number of hydrogen-bond acceptors (Lipinski definition) is 2. The predicted octanol–water partition coefficient (Wildman–Crippen LogP) is 4.12. The second kappa shape index (κ2) is 7.28. The summed E-state index contributed by atoms with van der Waals surface area (Å²) >= 11 is 6.28. The number of aryl methyl sites for hydroxylation is 1. The lowest BCUT2D eigenvalue weighted by Crippen LogP contribution is -2.32. The van der Waals surface area contributed by atoms with E-state index in [4.69, 9.17) is 16.3 Å². The van der Waals surface area contributed by atoms with E-state index < -0.39 is 0 Å². The number of halogens is 1. The number of nitrogens with one attached hydrogen (secondary N) is 1. The maximum atomic E-state index is 6.28. The minimum Gasteiger partial charge on any atom is -0.381 e. The molecule has 0 spiro atoms. The molecule has 3 heteroatoms. The van der Waals surface area contributed by atoms with Crippen molar-refractivity contribution in [1.29, 1.82) is 0 Å². The summed E-state index contributed by atoms with van der Waals surface area (Å²) in [6, 6.07) is 6.86. The molecule has 2 nitrogen and oxygen atoms in total. The highest BCUT2D eigenvalue weighted by atomic mass is 35.5. The van der Waals surface area contributed by atoms with Crippen LogP contribution in [0.25, 0.3) is 0 Å². The molecule has 1 N–H and O–H groups in total. The van der Waals surface area contributed by atoms with Gasteiger partial charge in [0.2, 0.25) is 0 Å². The van der Waals surface area contributed by atoms with Crippen molar-refractivity contribution in [2.75, 3.05) is 19.8 Å². The first-order chi connectivity index (χ1) is 9.22. The van der Waals surface area contributed by atoms with Gasteiger partial charge in [-0.3, -0.25) is 0 Å². The molecule has 2 rings (SSSR count). The monoisotopic (exact) mass is 281 g/mol. The van der Waals surface area contributed by atoms with E-state index in [1.807, 2.05) is 0 Å². The fourth-order valence-electron chi connectivity index (χ4n) is 2.71. The lowest BCUT2D eigenvalue weighted by Gasteiger charge is -2.31. The van der Waals surface area contributed by atoms with E-state index >= 15 is 0 Å². The number of benzene rings is 1. The van der Waals surface area contributed by atoms with Gasteiger partial charge in [0.1, 0.15) is 0 Å². The molecule has 1 aliphatic rings. The van der Waals surface area contributed by atoms with Crippen LogP contribution in [0.5, 0.6) is 0 Å². The zero-order chi connectivity index (χ0) is 13.7. The average molecular weight is 282 g/mol. The zero-order valence-corrected chi connectivity index (χ0v) is 12.7. The molecule has 1 saturated heterocycles. The van der Waals surface area contributed by atoms with Gasteiger partial charge < -0.3 is 10.1 Å². The minimum atomic E-state index is 0.405. The van der Waals surface area contributed by atoms with Crippen LogP contribution in [0.4, 0.5) is 0 Å². The maximum absolute atomic E-state index is 6.28. The van der Waals surface area contributed by atoms with Crippen molar-refractivity contribution >= 4 is 11.6 Å². The van der Waals surface area contributed by atoms with Crippen LogP contribution >= 0.6 is 11.6 Å². The number of hydrogen-bond donors (Lipinski definition) is 1. The second-order valence-electron chi connectivity index (χ2n) is 5.39. The van der Waals surface area contributed by atoms with Crippen LogP contribution in [0.3, 0.4) is 0 Å². The highest BCUT2D eigenvalue weighted by Crippen LogP contribution is 2.32. The topological polar surface area (TPSA) is 21.3 Å². The quantitative estimate of drug-likeness (QED) is 0.877. The zero-order valence-electron chi connectivity index (χ0n) is 11.9. The van der Waals surface area contributed by atoms with Crippen LogP contribution in [-0.4, -0.2) is 19.8 Å². The summed E-state index contributed by atoms with van der Waals surface area (Å²) in [6.45, 7) is 7.07. The third-order valence-corrected chi connectivity index (χ3v) is 4.31. The van der Waals surface area contributed by atoms with Crippen molar-refractivity contribution in [2.24, 2.45) is 5.92 Å². The van der Waals surface area contributed by atoms with Crippen molar-refractivity contribution in [3.05, 3.63) is 34.3 Å². The fraction of sp³-hybridized carbons (Fsp3) is 0.625. The van der Waals surface area contributed by atoms with Crippen molar-refractivity contribution in [3.8, 4) is 0 Å². The van der Waals surface area contributed by atoms with Crippen molar-refractivity contribution < 1.29 is 4.74 Å². The maximum Gasteiger partial charge on any atom is 0.0469 e. The van der Waals surface area contributed by atoms with E-state index in [0.717, 1.165) is 49.6 Å². The molecular formula is C16H24ClNO. The van der Waals surface area contributed by atoms with E-state index in [2.05, 4.69) is 37.4 Å². The molecule has 1 aromatic rings. The average Bonchev–Trinajstić information content (AvgIpc) is 2.44. The first-order valence-corrected chi connectivity index (χ1v) is 7.67. The Morgan fingerprint density at radius 1 is 1.37 bits per heavy atom. The molecule has 106 valence electrons. The van der Waals surface area contributed by atoms with E-state index in [0.29, 0.717) is 12.0 Å². The smallest absolute Gasteiger partial charge is 0.0469 e. The van der Waals surface area contributed by atoms with Crippen molar-refractivity contribution in [1.82, 2.24) is 5.32 Å². The Labute approximate surface area is 121 Å². The van der Waals surface area contributed by atoms with Gasteiger partial charge in [-0.2, -0.15) is 0 Å². The van der Waals surface area contributed by atoms with E-state index in [9.17, 15) is 0 Å². The first-order valence-electron chi connectivity index (χ1n) is 7.29. The van der Waals surface area contributed by atoms with Crippen LogP contribution in [0.15, 0.2) is 18.2 Å². The predicted molar refractivity (Wildman–Crippen MR) is 80.8 cm³/mol. The van der Waals surface area contributed by atoms with E-state index in [1.54, 1.807) is 0 Å². The number of rotatable bonds is 5. The van der Waals surface area contributed by atoms with Crippen LogP contribution < -0.4 is 5.32 Å². The third kappa shape index (κ3) is 3.95. The van der Waals surface area contributed by atoms with Crippen molar-refractivity contribution in [2.45, 2.75) is 39.2 Å². The Bertz CT molecular complexity index is 402. The first kappa shape index (κ1) is 14.8. The second-order valence-corrected chi connectivity index (χ2v) is 5.80. The summed E-state index contributed by atoms with van der Waals surface area (Å²) in [6.07, 6.45) is 3.42. The molecule has 1 atom stereocenters. The standard InChI is InChI=1S/C16H24ClNO/c1-3-8-18-16(13-6-9-19-10-7-13)14-5-4-12(2)15(17)11-14/h4-5,11,13,16,18H,3,6-10H2,1-2H3. The van der Waals surface area contributed by atoms with E-state index in [1.165, 1.54) is 5.56 Å². The highest BCUT2D eigenvalue weighted by Gasteiger charge is 2.25. The minimum absolute atomic E-state index is 0.405. The van der Waals surface area contributed by atoms with Crippen LogP contribution in [-0.2, 0) is 4.74 Å². The largest absolute Gasteiger partial charge is 0.381 e. The van der Waals surface area contributed by atoms with Crippen LogP contribution in [0.1, 0.15) is 43.4 Å². The molecule has 19 heavy (non-hydrogen) atoms. The molecule has 1 fully saturated rings. The molecule has 0 amide bonds. The molecule has 1 unspecified atom stereocenters. The third-order valence-electron chi connectivity index (χ3n) is 3.91. The van der Waals surface area contributed by atoms with E-state index in [-0.39, 0.29) is 0 Å². The normalized spacial score (nSPS) is 18.5. The van der Waals surface area contributed by atoms with Gasteiger partial charge in [0.25, 0.3) is 0 Å². The molecule has 0 saturated carbocycles. The summed E-state index contributed by atoms with van der Waals surface area (Å²) in [7, 11) is 0. The van der Waals surface area contributed by atoms with Gasteiger partial charge in [0.05, 0.1) is 0 Å². The summed E-state index contributed by atoms with van der Waals surface area (Å²) < 4.78 is 5.48. The summed E-state index contributed by atoms with van der Waals surface area (Å²) in [5.41, 5.74) is 2.46. The lowest BCUT2D eigenvalue weighted by atomic mass is 9.86. The Balaban J connectivity index is 2.17. The Hall–Kier alpha value is -0.570. The van der Waals surface area contributed by atoms with Gasteiger partial charge >= 0.3 is 0 Å². The molecule has 1 aromatic carbocycles. The Kier molecular flexibility index (Phi) is 5.68. The molecule has 0 bridgehead atoms. The summed E-state index contributed by atoms with van der Waals surface area (Å²) in [5.74, 6) is 0.652. The Morgan fingerprint density at radius 3 is 2.74 bits per heavy atom. The SMILES string of the molecule is CCCNC(c1ccc(C)c(Cl)c1)C1CCOCC1. The van der Waals surface area contributed by atoms with Gasteiger partial charge in [0.15, 0.2) is 0 Å². The van der Waals surface area contributed by atoms with Gasteiger partial charge in [-0.1, -0.05) is 30.7 Å². The summed E-state index contributed by atoms with van der Waals surface area (Å²) in [5, 5.41) is 4.56. The molecule has 0 aromatic heterocycles. The summed E-state index contributed by atoms with van der Waals surface area (Å²) in [4.78, 5) is 0. The molecule has 1 heterocycles. The molecular weight excluding hydrogens is 258 g/mol. The molecule has 1 aliphatic heterocycles. The number of ether oxygens (including phenoxy) is 1. The van der Waals surface area contributed by atoms with Gasteiger partial charge in [-0.05, 0) is 55.8 Å². The van der Waals surface area contributed by atoms with Gasteiger partial charge in [0, 0.05) is 24.3 Å². The van der Waals surface area contributed by atoms with Gasteiger partial charge in [-0.15, -0.1) is 0 Å². The lowest BCUT2D eigenvalue weighted by molar-refractivity contribution is 0.0536. The van der Waals surface area contributed by atoms with Gasteiger partial charge in [-0.25, -0.2) is 0 Å². The van der Waals surface area contributed by atoms with Crippen LogP contribution in [0, 0.1) is 12.8 Å². The fourth-order valence-corrected chi connectivity index (χ4v) is 2.90. The molecule has 0 radical (unpaired) electrons.